The number of hydrogen-bond donors (Lipinski definition) is 0. The van der Waals surface area contributed by atoms with Crippen molar-refractivity contribution >= 4 is 51.2 Å². The number of benzene rings is 3. The van der Waals surface area contributed by atoms with Gasteiger partial charge in [-0.05, 0) is 76.5 Å². The molecule has 0 aliphatic rings. The van der Waals surface area contributed by atoms with E-state index in [9.17, 15) is 10.1 Å². The van der Waals surface area contributed by atoms with Gasteiger partial charge >= 0.3 is 5.69 Å². The molecule has 0 bridgehead atoms. The fourth-order valence-corrected chi connectivity index (χ4v) is 4.32. The molecule has 0 radical (unpaired) electrons. The van der Waals surface area contributed by atoms with Crippen molar-refractivity contribution in [3.8, 4) is 11.5 Å². The Bertz CT molecular complexity index is 1340. The quantitative estimate of drug-likeness (QED) is 0.135. The molecule has 0 aliphatic heterocycles. The number of nitrogens with zero attached hydrogens (tertiary/aromatic N) is 2. The van der Waals surface area contributed by atoms with E-state index in [1.807, 2.05) is 37.3 Å². The predicted molar refractivity (Wildman–Crippen MR) is 135 cm³/mol. The largest absolute Gasteiger partial charge is 0.490 e. The average molecular weight is 556 g/mol. The molecular formula is C25H21IN2O5. The van der Waals surface area contributed by atoms with Crippen molar-refractivity contribution in [2.75, 3.05) is 6.61 Å². The zero-order valence-corrected chi connectivity index (χ0v) is 20.2. The first-order valence-corrected chi connectivity index (χ1v) is 11.4. The number of nitro groups is 1. The molecule has 0 N–H and O–H groups in total. The first-order chi connectivity index (χ1) is 16.0. The van der Waals surface area contributed by atoms with Gasteiger partial charge in [-0.1, -0.05) is 53.7 Å². The Labute approximate surface area is 204 Å². The average Bonchev–Trinajstić information content (AvgIpc) is 3.18. The molecule has 4 rings (SSSR count). The Morgan fingerprint density at radius 2 is 1.91 bits per heavy atom. The smallest absolute Gasteiger partial charge is 0.338 e. The van der Waals surface area contributed by atoms with E-state index in [2.05, 4.69) is 52.0 Å². The van der Waals surface area contributed by atoms with Gasteiger partial charge in [0.15, 0.2) is 17.2 Å². The van der Waals surface area contributed by atoms with Crippen molar-refractivity contribution in [3.63, 3.8) is 0 Å². The molecule has 1 heterocycles. The van der Waals surface area contributed by atoms with Crippen molar-refractivity contribution in [2.24, 2.45) is 0 Å². The van der Waals surface area contributed by atoms with E-state index >= 15 is 0 Å². The van der Waals surface area contributed by atoms with Gasteiger partial charge in [-0.25, -0.2) is 0 Å². The van der Waals surface area contributed by atoms with Crippen LogP contribution in [0.5, 0.6) is 11.5 Å². The van der Waals surface area contributed by atoms with E-state index in [1.54, 1.807) is 6.08 Å². The summed E-state index contributed by atoms with van der Waals surface area (Å²) in [6.45, 7) is 4.32. The summed E-state index contributed by atoms with van der Waals surface area (Å²) in [5, 5.41) is 17.3. The van der Waals surface area contributed by atoms with Gasteiger partial charge in [-0.15, -0.1) is 0 Å². The van der Waals surface area contributed by atoms with Crippen LogP contribution in [0.2, 0.25) is 0 Å². The Kier molecular flexibility index (Phi) is 6.93. The highest BCUT2D eigenvalue weighted by atomic mass is 127. The summed E-state index contributed by atoms with van der Waals surface area (Å²) < 4.78 is 18.0. The molecule has 0 spiro atoms. The maximum Gasteiger partial charge on any atom is 0.338 e. The first-order valence-electron chi connectivity index (χ1n) is 10.3. The molecule has 0 saturated heterocycles. The summed E-state index contributed by atoms with van der Waals surface area (Å²) in [5.41, 5.74) is 1.98. The number of fused-ring (bicyclic) bond motifs is 1. The lowest BCUT2D eigenvalue weighted by molar-refractivity contribution is -0.386. The van der Waals surface area contributed by atoms with E-state index in [-0.39, 0.29) is 17.1 Å². The van der Waals surface area contributed by atoms with Gasteiger partial charge in [0.1, 0.15) is 6.61 Å². The topological polar surface area (TPSA) is 87.6 Å². The minimum Gasteiger partial charge on any atom is -0.490 e. The molecular weight excluding hydrogens is 535 g/mol. The van der Waals surface area contributed by atoms with E-state index < -0.39 is 4.92 Å². The SMILES string of the molecule is CCOc1cc(/C=C\c2onc(C)c2[N+](=O)[O-])cc(I)c1OCc1cccc2ccccc12. The van der Waals surface area contributed by atoms with Crippen LogP contribution in [0, 0.1) is 20.6 Å². The number of rotatable bonds is 8. The summed E-state index contributed by atoms with van der Waals surface area (Å²) in [5.74, 6) is 1.36. The summed E-state index contributed by atoms with van der Waals surface area (Å²) in [6, 6.07) is 18.1. The standard InChI is InChI=1S/C25H21IN2O5/c1-3-31-23-14-17(11-12-22-24(28(29)30)16(2)27-33-22)13-21(26)25(23)32-15-19-9-6-8-18-7-4-5-10-20(18)19/h4-14H,3,15H2,1-2H3/b12-11-. The zero-order valence-electron chi connectivity index (χ0n) is 18.1. The molecule has 0 aliphatic carbocycles. The van der Waals surface area contributed by atoms with Crippen molar-refractivity contribution in [2.45, 2.75) is 20.5 Å². The lowest BCUT2D eigenvalue weighted by Gasteiger charge is -2.15. The highest BCUT2D eigenvalue weighted by Gasteiger charge is 2.22. The third kappa shape index (κ3) is 5.00. The Morgan fingerprint density at radius 1 is 1.12 bits per heavy atom. The molecule has 7 nitrogen and oxygen atoms in total. The van der Waals surface area contributed by atoms with Crippen LogP contribution in [0.1, 0.15) is 29.5 Å². The third-order valence-corrected chi connectivity index (χ3v) is 5.85. The van der Waals surface area contributed by atoms with E-state index in [1.165, 1.54) is 13.0 Å². The maximum absolute atomic E-state index is 11.3. The number of ether oxygens (including phenoxy) is 2. The van der Waals surface area contributed by atoms with Crippen LogP contribution >= 0.6 is 22.6 Å². The van der Waals surface area contributed by atoms with Gasteiger partial charge in [0.05, 0.1) is 15.1 Å². The normalized spacial score (nSPS) is 11.2. The van der Waals surface area contributed by atoms with Crippen LogP contribution in [-0.4, -0.2) is 16.7 Å². The molecule has 0 atom stereocenters. The lowest BCUT2D eigenvalue weighted by Crippen LogP contribution is -2.02. The van der Waals surface area contributed by atoms with Gasteiger partial charge in [-0.3, -0.25) is 10.1 Å². The fraction of sp³-hybridized carbons (Fsp3) is 0.160. The molecule has 168 valence electrons. The minimum atomic E-state index is -0.495. The number of halogens is 1. The molecule has 0 fully saturated rings. The summed E-state index contributed by atoms with van der Waals surface area (Å²) in [6.07, 6.45) is 3.27. The molecule has 0 unspecified atom stereocenters. The van der Waals surface area contributed by atoms with Crippen LogP contribution in [0.3, 0.4) is 0 Å². The monoisotopic (exact) mass is 556 g/mol. The van der Waals surface area contributed by atoms with E-state index in [0.29, 0.717) is 24.7 Å². The molecule has 0 saturated carbocycles. The number of aromatic nitrogens is 1. The molecule has 8 heteroatoms. The minimum absolute atomic E-state index is 0.0988. The van der Waals surface area contributed by atoms with Gasteiger partial charge in [0.25, 0.3) is 0 Å². The van der Waals surface area contributed by atoms with Gasteiger partial charge in [-0.2, -0.15) is 0 Å². The Hall–Kier alpha value is -3.40. The first kappa shape index (κ1) is 22.8. The lowest BCUT2D eigenvalue weighted by atomic mass is 10.1. The number of aryl methyl sites for hydroxylation is 1. The predicted octanol–water partition coefficient (Wildman–Crippen LogP) is 6.80. The van der Waals surface area contributed by atoms with Crippen molar-refractivity contribution < 1.29 is 18.9 Å². The van der Waals surface area contributed by atoms with E-state index in [0.717, 1.165) is 25.5 Å². The molecule has 1 aromatic heterocycles. The Morgan fingerprint density at radius 3 is 2.70 bits per heavy atom. The maximum atomic E-state index is 11.3. The third-order valence-electron chi connectivity index (χ3n) is 5.05. The van der Waals surface area contributed by atoms with Crippen LogP contribution in [-0.2, 0) is 6.61 Å². The van der Waals surface area contributed by atoms with Gasteiger partial charge in [0, 0.05) is 0 Å². The second kappa shape index (κ2) is 10.0. The molecule has 0 amide bonds. The Balaban J connectivity index is 1.61. The second-order valence-corrected chi connectivity index (χ2v) is 8.42. The van der Waals surface area contributed by atoms with Crippen molar-refractivity contribution in [3.05, 3.63) is 90.9 Å². The van der Waals surface area contributed by atoms with Crippen molar-refractivity contribution in [1.82, 2.24) is 5.16 Å². The van der Waals surface area contributed by atoms with Crippen LogP contribution in [0.4, 0.5) is 5.69 Å². The van der Waals surface area contributed by atoms with Crippen LogP contribution in [0.25, 0.3) is 22.9 Å². The van der Waals surface area contributed by atoms with Crippen LogP contribution < -0.4 is 9.47 Å². The molecule has 4 aromatic rings. The fourth-order valence-electron chi connectivity index (χ4n) is 3.54. The molecule has 33 heavy (non-hydrogen) atoms. The number of hydrogen-bond acceptors (Lipinski definition) is 6. The van der Waals surface area contributed by atoms with E-state index in [4.69, 9.17) is 14.0 Å². The summed E-state index contributed by atoms with van der Waals surface area (Å²) in [4.78, 5) is 10.8. The van der Waals surface area contributed by atoms with Crippen LogP contribution in [0.15, 0.2) is 59.1 Å². The summed E-state index contributed by atoms with van der Waals surface area (Å²) in [7, 11) is 0. The van der Waals surface area contributed by atoms with Gasteiger partial charge in [0.2, 0.25) is 5.76 Å². The van der Waals surface area contributed by atoms with Crippen molar-refractivity contribution in [1.29, 1.82) is 0 Å². The second-order valence-electron chi connectivity index (χ2n) is 7.26. The molecule has 3 aromatic carbocycles. The zero-order chi connectivity index (χ0) is 23.4. The highest BCUT2D eigenvalue weighted by molar-refractivity contribution is 14.1. The van der Waals surface area contributed by atoms with Gasteiger partial charge < -0.3 is 14.0 Å². The summed E-state index contributed by atoms with van der Waals surface area (Å²) >= 11 is 2.21. The highest BCUT2D eigenvalue weighted by Crippen LogP contribution is 2.36.